The molecular weight excluding hydrogens is 276 g/mol. The fourth-order valence-corrected chi connectivity index (χ4v) is 3.02. The van der Waals surface area contributed by atoms with Crippen LogP contribution in [-0.4, -0.2) is 28.0 Å². The van der Waals surface area contributed by atoms with E-state index >= 15 is 0 Å². The van der Waals surface area contributed by atoms with Gasteiger partial charge in [0.2, 0.25) is 0 Å². The van der Waals surface area contributed by atoms with Gasteiger partial charge in [-0.05, 0) is 30.3 Å². The summed E-state index contributed by atoms with van der Waals surface area (Å²) in [5.41, 5.74) is 1.72. The zero-order valence-corrected chi connectivity index (χ0v) is 11.8. The number of hydrogen-bond donors (Lipinski definition) is 1. The normalized spacial score (nSPS) is 10.9. The highest BCUT2D eigenvalue weighted by atomic mass is 32.1. The minimum atomic E-state index is -0.910. The molecule has 0 aliphatic carbocycles. The Morgan fingerprint density at radius 2 is 2.05 bits per heavy atom. The number of fused-ring (bicyclic) bond motifs is 1. The van der Waals surface area contributed by atoms with E-state index in [1.165, 1.54) is 11.3 Å². The number of benzene rings is 1. The lowest BCUT2D eigenvalue weighted by molar-refractivity contribution is 0.0702. The molecule has 20 heavy (non-hydrogen) atoms. The average molecular weight is 288 g/mol. The van der Waals surface area contributed by atoms with Crippen LogP contribution in [0, 0.1) is 0 Å². The van der Waals surface area contributed by atoms with Crippen LogP contribution in [0.1, 0.15) is 9.67 Å². The fourth-order valence-electron chi connectivity index (χ4n) is 2.11. The molecule has 0 saturated heterocycles. The standard InChI is InChI=1S/C14H12N2O3S/c1-16-13-10(7-11(20-13)14(17)18)12(15-16)8-3-5-9(19-2)6-4-8/h3-7H,1-2H3,(H,17,18). The molecule has 5 nitrogen and oxygen atoms in total. The average Bonchev–Trinajstić information content (AvgIpc) is 3.00. The molecule has 0 aliphatic rings. The van der Waals surface area contributed by atoms with E-state index in [1.54, 1.807) is 17.9 Å². The summed E-state index contributed by atoms with van der Waals surface area (Å²) < 4.78 is 6.85. The molecule has 6 heteroatoms. The summed E-state index contributed by atoms with van der Waals surface area (Å²) in [6.45, 7) is 0. The number of ether oxygens (including phenoxy) is 1. The van der Waals surface area contributed by atoms with Gasteiger partial charge in [-0.3, -0.25) is 4.68 Å². The Kier molecular flexibility index (Phi) is 2.94. The Hall–Kier alpha value is -2.34. The van der Waals surface area contributed by atoms with Crippen molar-refractivity contribution < 1.29 is 14.6 Å². The number of carboxylic acids is 1. The smallest absolute Gasteiger partial charge is 0.345 e. The highest BCUT2D eigenvalue weighted by Gasteiger charge is 2.17. The van der Waals surface area contributed by atoms with Crippen molar-refractivity contribution in [3.05, 3.63) is 35.2 Å². The van der Waals surface area contributed by atoms with Crippen LogP contribution < -0.4 is 4.74 Å². The maximum atomic E-state index is 11.1. The number of carboxylic acid groups (broad SMARTS) is 1. The van der Waals surface area contributed by atoms with Crippen molar-refractivity contribution in [3.8, 4) is 17.0 Å². The lowest BCUT2D eigenvalue weighted by Crippen LogP contribution is -1.92. The van der Waals surface area contributed by atoms with Crippen LogP contribution >= 0.6 is 11.3 Å². The zero-order chi connectivity index (χ0) is 14.3. The summed E-state index contributed by atoms with van der Waals surface area (Å²) in [7, 11) is 3.43. The molecular formula is C14H12N2O3S. The predicted octanol–water partition coefficient (Wildman–Crippen LogP) is 3.01. The van der Waals surface area contributed by atoms with E-state index in [0.29, 0.717) is 4.88 Å². The Labute approximate surface area is 119 Å². The van der Waals surface area contributed by atoms with Gasteiger partial charge in [0, 0.05) is 18.0 Å². The Morgan fingerprint density at radius 1 is 1.35 bits per heavy atom. The van der Waals surface area contributed by atoms with Crippen molar-refractivity contribution in [1.82, 2.24) is 9.78 Å². The number of thiophene rings is 1. The molecule has 102 valence electrons. The molecule has 0 unspecified atom stereocenters. The van der Waals surface area contributed by atoms with Gasteiger partial charge in [-0.25, -0.2) is 4.79 Å². The molecule has 0 amide bonds. The molecule has 0 atom stereocenters. The van der Waals surface area contributed by atoms with E-state index in [4.69, 9.17) is 9.84 Å². The van der Waals surface area contributed by atoms with E-state index in [-0.39, 0.29) is 0 Å². The second-order valence-corrected chi connectivity index (χ2v) is 5.37. The maximum Gasteiger partial charge on any atom is 0.345 e. The highest BCUT2D eigenvalue weighted by Crippen LogP contribution is 2.34. The first-order chi connectivity index (χ1) is 9.60. The third-order valence-electron chi connectivity index (χ3n) is 3.09. The Morgan fingerprint density at radius 3 is 2.65 bits per heavy atom. The molecule has 2 heterocycles. The summed E-state index contributed by atoms with van der Waals surface area (Å²) in [6.07, 6.45) is 0. The van der Waals surface area contributed by atoms with Gasteiger partial charge in [-0.2, -0.15) is 5.10 Å². The number of carbonyl (C=O) groups is 1. The van der Waals surface area contributed by atoms with Crippen LogP contribution in [0.2, 0.25) is 0 Å². The van der Waals surface area contributed by atoms with Gasteiger partial charge in [-0.15, -0.1) is 11.3 Å². The van der Waals surface area contributed by atoms with Gasteiger partial charge in [0.05, 0.1) is 7.11 Å². The topological polar surface area (TPSA) is 64.4 Å². The van der Waals surface area contributed by atoms with Crippen LogP contribution in [-0.2, 0) is 7.05 Å². The van der Waals surface area contributed by atoms with Crippen molar-refractivity contribution in [2.75, 3.05) is 7.11 Å². The van der Waals surface area contributed by atoms with Crippen LogP contribution in [0.5, 0.6) is 5.75 Å². The van der Waals surface area contributed by atoms with Gasteiger partial charge in [-0.1, -0.05) is 0 Å². The van der Waals surface area contributed by atoms with Crippen LogP contribution in [0.3, 0.4) is 0 Å². The van der Waals surface area contributed by atoms with Gasteiger partial charge in [0.25, 0.3) is 0 Å². The number of methoxy groups -OCH3 is 1. The van der Waals surface area contributed by atoms with Crippen LogP contribution in [0.15, 0.2) is 30.3 Å². The SMILES string of the molecule is COc1ccc(-c2nn(C)c3sc(C(=O)O)cc23)cc1. The van der Waals surface area contributed by atoms with Gasteiger partial charge in [0.1, 0.15) is 21.2 Å². The summed E-state index contributed by atoms with van der Waals surface area (Å²) in [5.74, 6) is -0.135. The number of aryl methyl sites for hydroxylation is 1. The van der Waals surface area contributed by atoms with Gasteiger partial charge in [0.15, 0.2) is 0 Å². The quantitative estimate of drug-likeness (QED) is 0.804. The number of aromatic nitrogens is 2. The molecule has 3 aromatic rings. The summed E-state index contributed by atoms with van der Waals surface area (Å²) in [6, 6.07) is 9.23. The van der Waals surface area contributed by atoms with E-state index in [2.05, 4.69) is 5.10 Å². The third kappa shape index (κ3) is 1.94. The minimum absolute atomic E-state index is 0.322. The molecule has 0 radical (unpaired) electrons. The summed E-state index contributed by atoms with van der Waals surface area (Å²) in [5, 5.41) is 14.4. The monoisotopic (exact) mass is 288 g/mol. The van der Waals surface area contributed by atoms with E-state index < -0.39 is 5.97 Å². The molecule has 0 aliphatic heterocycles. The molecule has 0 fully saturated rings. The van der Waals surface area contributed by atoms with Crippen molar-refractivity contribution in [1.29, 1.82) is 0 Å². The number of hydrogen-bond acceptors (Lipinski definition) is 4. The van der Waals surface area contributed by atoms with Crippen molar-refractivity contribution in [2.45, 2.75) is 0 Å². The Bertz CT molecular complexity index is 787. The zero-order valence-electron chi connectivity index (χ0n) is 11.0. The molecule has 0 spiro atoms. The molecule has 0 saturated carbocycles. The predicted molar refractivity (Wildman–Crippen MR) is 77.5 cm³/mol. The lowest BCUT2D eigenvalue weighted by atomic mass is 10.1. The van der Waals surface area contributed by atoms with Crippen LogP contribution in [0.25, 0.3) is 21.5 Å². The van der Waals surface area contributed by atoms with E-state index in [1.807, 2.05) is 31.3 Å². The van der Waals surface area contributed by atoms with Gasteiger partial charge < -0.3 is 9.84 Å². The Balaban J connectivity index is 2.16. The second kappa shape index (κ2) is 4.64. The highest BCUT2D eigenvalue weighted by molar-refractivity contribution is 7.20. The molecule has 0 bridgehead atoms. The lowest BCUT2D eigenvalue weighted by Gasteiger charge is -2.01. The van der Waals surface area contributed by atoms with Crippen molar-refractivity contribution in [2.24, 2.45) is 7.05 Å². The summed E-state index contributed by atoms with van der Waals surface area (Å²) in [4.78, 5) is 12.3. The van der Waals surface area contributed by atoms with Crippen LogP contribution in [0.4, 0.5) is 0 Å². The maximum absolute atomic E-state index is 11.1. The van der Waals surface area contributed by atoms with Crippen molar-refractivity contribution in [3.63, 3.8) is 0 Å². The molecule has 3 rings (SSSR count). The second-order valence-electron chi connectivity index (χ2n) is 4.34. The van der Waals surface area contributed by atoms with E-state index in [9.17, 15) is 4.79 Å². The largest absolute Gasteiger partial charge is 0.497 e. The molecule has 1 N–H and O–H groups in total. The van der Waals surface area contributed by atoms with E-state index in [0.717, 1.165) is 27.2 Å². The van der Waals surface area contributed by atoms with Gasteiger partial charge >= 0.3 is 5.97 Å². The minimum Gasteiger partial charge on any atom is -0.497 e. The molecule has 2 aromatic heterocycles. The fraction of sp³-hybridized carbons (Fsp3) is 0.143. The molecule has 1 aromatic carbocycles. The third-order valence-corrected chi connectivity index (χ3v) is 4.28. The number of aromatic carboxylic acids is 1. The first-order valence-electron chi connectivity index (χ1n) is 5.94. The first-order valence-corrected chi connectivity index (χ1v) is 6.76. The number of rotatable bonds is 3. The number of nitrogens with zero attached hydrogens (tertiary/aromatic N) is 2. The first kappa shape index (κ1) is 12.7. The van der Waals surface area contributed by atoms with Crippen molar-refractivity contribution >= 4 is 27.5 Å². The summed E-state index contributed by atoms with van der Waals surface area (Å²) >= 11 is 1.23.